The summed E-state index contributed by atoms with van der Waals surface area (Å²) in [7, 11) is 0. The lowest BCUT2D eigenvalue weighted by Gasteiger charge is -2.16. The molecule has 0 unspecified atom stereocenters. The van der Waals surface area contributed by atoms with Gasteiger partial charge in [0.1, 0.15) is 0 Å². The molecule has 108 valence electrons. The highest BCUT2D eigenvalue weighted by atomic mass is 127. The average molecular weight is 396 g/mol. The van der Waals surface area contributed by atoms with E-state index in [4.69, 9.17) is 0 Å². The van der Waals surface area contributed by atoms with E-state index in [-0.39, 0.29) is 0 Å². The molecule has 0 aliphatic heterocycles. The fourth-order valence-corrected chi connectivity index (χ4v) is 2.31. The molecule has 1 atom stereocenters. The highest BCUT2D eigenvalue weighted by molar-refractivity contribution is 14.1. The van der Waals surface area contributed by atoms with Gasteiger partial charge >= 0.3 is 12.0 Å². The maximum atomic E-state index is 12.0. The van der Waals surface area contributed by atoms with Crippen LogP contribution in [0.1, 0.15) is 11.6 Å². The molecule has 0 aliphatic rings. The van der Waals surface area contributed by atoms with Gasteiger partial charge in [0.05, 0.1) is 5.69 Å². The molecule has 0 saturated carbocycles. The van der Waals surface area contributed by atoms with E-state index in [2.05, 4.69) is 33.2 Å². The third-order valence-corrected chi connectivity index (χ3v) is 3.72. The smallest absolute Gasteiger partial charge is 0.330 e. The molecule has 0 saturated heterocycles. The minimum absolute atomic E-state index is 0.517. The zero-order valence-corrected chi connectivity index (χ0v) is 13.1. The monoisotopic (exact) mass is 396 g/mol. The summed E-state index contributed by atoms with van der Waals surface area (Å²) in [6.45, 7) is 0. The number of carbonyl (C=O) groups excluding carboxylic acids is 1. The van der Waals surface area contributed by atoms with Crippen LogP contribution in [0.4, 0.5) is 10.5 Å². The summed E-state index contributed by atoms with van der Waals surface area (Å²) in [6, 6.07) is 14.2. The molecule has 6 heteroatoms. The number of benzene rings is 2. The van der Waals surface area contributed by atoms with Crippen LogP contribution < -0.4 is 10.6 Å². The first-order valence-electron chi connectivity index (χ1n) is 6.17. The molecule has 21 heavy (non-hydrogen) atoms. The number of carboxylic acids is 1. The topological polar surface area (TPSA) is 78.4 Å². The summed E-state index contributed by atoms with van der Waals surface area (Å²) in [5.74, 6) is -1.11. The van der Waals surface area contributed by atoms with Gasteiger partial charge in [0, 0.05) is 3.57 Å². The van der Waals surface area contributed by atoms with Crippen molar-refractivity contribution in [2.45, 2.75) is 6.04 Å². The Labute approximate surface area is 135 Å². The van der Waals surface area contributed by atoms with Crippen molar-refractivity contribution in [1.82, 2.24) is 5.32 Å². The fraction of sp³-hybridized carbons (Fsp3) is 0.0667. The van der Waals surface area contributed by atoms with E-state index in [9.17, 15) is 14.7 Å². The maximum Gasteiger partial charge on any atom is 0.330 e. The molecule has 0 bridgehead atoms. The van der Waals surface area contributed by atoms with Gasteiger partial charge in [-0.15, -0.1) is 0 Å². The molecule has 0 heterocycles. The Morgan fingerprint density at radius 3 is 2.24 bits per heavy atom. The quantitative estimate of drug-likeness (QED) is 0.695. The molecule has 0 spiro atoms. The third kappa shape index (κ3) is 4.19. The maximum absolute atomic E-state index is 12.0. The third-order valence-electron chi connectivity index (χ3n) is 2.78. The lowest BCUT2D eigenvalue weighted by Crippen LogP contribution is -2.36. The number of para-hydroxylation sites is 1. The van der Waals surface area contributed by atoms with Crippen molar-refractivity contribution in [2.24, 2.45) is 0 Å². The molecule has 3 N–H and O–H groups in total. The molecule has 0 fully saturated rings. The van der Waals surface area contributed by atoms with Crippen molar-refractivity contribution in [2.75, 3.05) is 5.32 Å². The number of urea groups is 1. The van der Waals surface area contributed by atoms with Crippen LogP contribution in [0.2, 0.25) is 0 Å². The van der Waals surface area contributed by atoms with E-state index < -0.39 is 18.0 Å². The van der Waals surface area contributed by atoms with E-state index in [0.29, 0.717) is 11.3 Å². The number of hydrogen-bond donors (Lipinski definition) is 3. The lowest BCUT2D eigenvalue weighted by atomic mass is 10.1. The van der Waals surface area contributed by atoms with Crippen LogP contribution in [0.3, 0.4) is 0 Å². The second-order valence-corrected chi connectivity index (χ2v) is 5.42. The van der Waals surface area contributed by atoms with Gasteiger partial charge in [-0.2, -0.15) is 0 Å². The number of anilines is 1. The highest BCUT2D eigenvalue weighted by Gasteiger charge is 2.21. The normalized spacial score (nSPS) is 11.5. The molecule has 2 aromatic carbocycles. The summed E-state index contributed by atoms with van der Waals surface area (Å²) >= 11 is 2.09. The van der Waals surface area contributed by atoms with E-state index in [1.807, 2.05) is 12.1 Å². The number of carbonyl (C=O) groups is 2. The summed E-state index contributed by atoms with van der Waals surface area (Å²) in [5.41, 5.74) is 1.15. The molecule has 2 amide bonds. The van der Waals surface area contributed by atoms with Crippen LogP contribution in [0.25, 0.3) is 0 Å². The lowest BCUT2D eigenvalue weighted by molar-refractivity contribution is -0.139. The molecule has 2 rings (SSSR count). The van der Waals surface area contributed by atoms with Gasteiger partial charge in [-0.1, -0.05) is 42.5 Å². The van der Waals surface area contributed by atoms with Gasteiger partial charge in [0.25, 0.3) is 0 Å². The average Bonchev–Trinajstić information content (AvgIpc) is 2.48. The Kier molecular flexibility index (Phi) is 5.15. The second kappa shape index (κ2) is 7.07. The fourth-order valence-electron chi connectivity index (χ4n) is 1.79. The Hall–Kier alpha value is -2.09. The molecule has 2 aromatic rings. The first-order chi connectivity index (χ1) is 10.1. The molecular weight excluding hydrogens is 383 g/mol. The van der Waals surface area contributed by atoms with Gasteiger partial charge in [-0.05, 0) is 40.3 Å². The van der Waals surface area contributed by atoms with Crippen LogP contribution >= 0.6 is 22.6 Å². The van der Waals surface area contributed by atoms with Crippen molar-refractivity contribution in [1.29, 1.82) is 0 Å². The minimum Gasteiger partial charge on any atom is -0.479 e. The number of rotatable bonds is 4. The van der Waals surface area contributed by atoms with E-state index >= 15 is 0 Å². The summed E-state index contributed by atoms with van der Waals surface area (Å²) < 4.78 is 0.872. The molecule has 0 radical (unpaired) electrons. The van der Waals surface area contributed by atoms with Crippen molar-refractivity contribution >= 4 is 40.3 Å². The molecule has 0 aromatic heterocycles. The van der Waals surface area contributed by atoms with E-state index in [1.165, 1.54) is 0 Å². The van der Waals surface area contributed by atoms with Gasteiger partial charge in [-0.25, -0.2) is 9.59 Å². The minimum atomic E-state index is -1.11. The van der Waals surface area contributed by atoms with Crippen LogP contribution in [0.5, 0.6) is 0 Å². The van der Waals surface area contributed by atoms with Crippen molar-refractivity contribution in [3.63, 3.8) is 0 Å². The second-order valence-electron chi connectivity index (χ2n) is 4.26. The van der Waals surface area contributed by atoms with E-state index in [0.717, 1.165) is 3.57 Å². The van der Waals surface area contributed by atoms with Crippen LogP contribution in [0.15, 0.2) is 54.6 Å². The number of hydrogen-bond acceptors (Lipinski definition) is 2. The number of carboxylic acid groups (broad SMARTS) is 1. The van der Waals surface area contributed by atoms with Crippen molar-refractivity contribution in [3.8, 4) is 0 Å². The Morgan fingerprint density at radius 2 is 1.62 bits per heavy atom. The Bertz CT molecular complexity index is 646. The standard InChI is InChI=1S/C15H13IN2O3/c16-11-8-4-5-9-12(11)17-15(21)18-13(14(19)20)10-6-2-1-3-7-10/h1-9,13H,(H,19,20)(H2,17,18,21)/t13-/m0/s1. The van der Waals surface area contributed by atoms with Crippen molar-refractivity contribution < 1.29 is 14.7 Å². The first kappa shape index (κ1) is 15.3. The van der Waals surface area contributed by atoms with Gasteiger partial charge in [0.15, 0.2) is 6.04 Å². The molecule has 5 nitrogen and oxygen atoms in total. The summed E-state index contributed by atoms with van der Waals surface area (Å²) in [6.07, 6.45) is 0. The van der Waals surface area contributed by atoms with Crippen LogP contribution in [0, 0.1) is 3.57 Å². The zero-order chi connectivity index (χ0) is 15.2. The van der Waals surface area contributed by atoms with Gasteiger partial charge in [-0.3, -0.25) is 0 Å². The number of amides is 2. The Balaban J connectivity index is 2.10. The predicted octanol–water partition coefficient (Wildman–Crippen LogP) is 3.24. The molecule has 0 aliphatic carbocycles. The van der Waals surface area contributed by atoms with Gasteiger partial charge < -0.3 is 15.7 Å². The molecular formula is C15H13IN2O3. The predicted molar refractivity (Wildman–Crippen MR) is 88.1 cm³/mol. The van der Waals surface area contributed by atoms with Crippen molar-refractivity contribution in [3.05, 3.63) is 63.7 Å². The van der Waals surface area contributed by atoms with Crippen LogP contribution in [-0.2, 0) is 4.79 Å². The Morgan fingerprint density at radius 1 is 1.00 bits per heavy atom. The number of halogens is 1. The zero-order valence-electron chi connectivity index (χ0n) is 10.9. The highest BCUT2D eigenvalue weighted by Crippen LogP contribution is 2.18. The first-order valence-corrected chi connectivity index (χ1v) is 7.25. The van der Waals surface area contributed by atoms with Crippen LogP contribution in [-0.4, -0.2) is 17.1 Å². The number of aliphatic carboxylic acids is 1. The summed E-state index contributed by atoms with van der Waals surface area (Å²) in [4.78, 5) is 23.3. The SMILES string of the molecule is O=C(Nc1ccccc1I)N[C@H](C(=O)O)c1ccccc1. The summed E-state index contributed by atoms with van der Waals surface area (Å²) in [5, 5.41) is 14.4. The number of nitrogens with one attached hydrogen (secondary N) is 2. The van der Waals surface area contributed by atoms with E-state index in [1.54, 1.807) is 42.5 Å². The largest absolute Gasteiger partial charge is 0.479 e. The van der Waals surface area contributed by atoms with Gasteiger partial charge in [0.2, 0.25) is 0 Å².